The molecule has 4 rings (SSSR count). The van der Waals surface area contributed by atoms with Crippen LogP contribution in [0.2, 0.25) is 0 Å². The number of hydrogen-bond donors (Lipinski definition) is 1. The van der Waals surface area contributed by atoms with Crippen molar-refractivity contribution in [1.82, 2.24) is 4.48 Å². The van der Waals surface area contributed by atoms with E-state index in [-0.39, 0.29) is 0 Å². The van der Waals surface area contributed by atoms with E-state index in [2.05, 4.69) is 22.6 Å². The molecule has 10 heteroatoms. The molecule has 0 saturated carbocycles. The second kappa shape index (κ2) is 7.37. The van der Waals surface area contributed by atoms with Crippen LogP contribution in [0.25, 0.3) is 5.57 Å². The number of hydrogen-bond acceptors (Lipinski definition) is 3. The van der Waals surface area contributed by atoms with Crippen molar-refractivity contribution in [3.8, 4) is 0 Å². The van der Waals surface area contributed by atoms with Crippen molar-refractivity contribution < 1.29 is 23.1 Å². The summed E-state index contributed by atoms with van der Waals surface area (Å²) < 4.78 is 34.6. The summed E-state index contributed by atoms with van der Waals surface area (Å²) >= 11 is 2.11. The minimum absolute atomic E-state index is 0.410. The van der Waals surface area contributed by atoms with Gasteiger partial charge in [-0.25, -0.2) is 0 Å². The van der Waals surface area contributed by atoms with Crippen LogP contribution in [0.4, 0.5) is 8.63 Å². The summed E-state index contributed by atoms with van der Waals surface area (Å²) in [6.07, 6.45) is -1.23. The lowest BCUT2D eigenvalue weighted by Crippen LogP contribution is -2.51. The number of benzene rings is 1. The summed E-state index contributed by atoms with van der Waals surface area (Å²) in [6, 6.07) is 8.46. The van der Waals surface area contributed by atoms with E-state index in [0.717, 1.165) is 23.7 Å². The van der Waals surface area contributed by atoms with Gasteiger partial charge in [0.15, 0.2) is 5.70 Å². The lowest BCUT2D eigenvalue weighted by Gasteiger charge is -2.34. The monoisotopic (exact) mass is 539 g/mol. The number of halogens is 3. The molecule has 162 valence electrons. The van der Waals surface area contributed by atoms with Gasteiger partial charge >= 0.3 is 6.97 Å². The molecule has 0 radical (unpaired) electrons. The SMILES string of the molecule is CC1=C(I)C(C)=[N+]2C1=C(c1ccc([C@@H](O)C[N+](=O)[O-])cc1)c1c(C)cc(C)n1[B-]2(F)F. The number of nitrogens with zero attached hydrogens (tertiary/aromatic N) is 3. The fourth-order valence-corrected chi connectivity index (χ4v) is 5.20. The summed E-state index contributed by atoms with van der Waals surface area (Å²) in [6.45, 7) is 2.41. The molecule has 0 amide bonds. The van der Waals surface area contributed by atoms with Crippen LogP contribution in [0.5, 0.6) is 0 Å². The molecule has 0 spiro atoms. The fourth-order valence-electron chi connectivity index (χ4n) is 4.68. The standard InChI is InChI=1S/C21H21BF2IN3O3/c1-11-9-12(2)27-20(11)18(16-7-5-15(6-8-16)17(29)10-26(30)31)21-13(3)19(25)14(4)28(21)22(27,23)24/h5-9,17,29H,10H2,1-4H3/t17-/m0/s1. The van der Waals surface area contributed by atoms with E-state index in [1.165, 1.54) is 0 Å². The van der Waals surface area contributed by atoms with E-state index in [0.29, 0.717) is 39.5 Å². The first-order valence-corrected chi connectivity index (χ1v) is 10.9. The molecular weight excluding hydrogens is 518 g/mol. The largest absolute Gasteiger partial charge is 0.737 e. The highest BCUT2D eigenvalue weighted by atomic mass is 127. The van der Waals surface area contributed by atoms with E-state index in [9.17, 15) is 15.2 Å². The highest BCUT2D eigenvalue weighted by molar-refractivity contribution is 14.1. The topological polar surface area (TPSA) is 71.3 Å². The average Bonchev–Trinajstić information content (AvgIpc) is 3.11. The summed E-state index contributed by atoms with van der Waals surface area (Å²) in [7, 11) is 0. The van der Waals surface area contributed by atoms with Crippen LogP contribution in [0.15, 0.2) is 45.2 Å². The van der Waals surface area contributed by atoms with E-state index in [4.69, 9.17) is 0 Å². The number of rotatable bonds is 4. The van der Waals surface area contributed by atoms with Gasteiger partial charge in [0.25, 0.3) is 0 Å². The van der Waals surface area contributed by atoms with Crippen molar-refractivity contribution in [3.63, 3.8) is 0 Å². The molecule has 0 bridgehead atoms. The quantitative estimate of drug-likeness (QED) is 0.267. The van der Waals surface area contributed by atoms with Crippen LogP contribution >= 0.6 is 22.6 Å². The van der Waals surface area contributed by atoms with Gasteiger partial charge in [0.05, 0.1) is 9.15 Å². The molecule has 1 atom stereocenters. The predicted octanol–water partition coefficient (Wildman–Crippen LogP) is 4.61. The number of fused-ring (bicyclic) bond motifs is 2. The fraction of sp³-hybridized carbons (Fsp3) is 0.286. The van der Waals surface area contributed by atoms with Gasteiger partial charge in [0.2, 0.25) is 6.54 Å². The Morgan fingerprint density at radius 2 is 1.84 bits per heavy atom. The second-order valence-electron chi connectivity index (χ2n) is 8.05. The first-order valence-electron chi connectivity index (χ1n) is 9.82. The molecule has 6 nitrogen and oxygen atoms in total. The summed E-state index contributed by atoms with van der Waals surface area (Å²) in [5, 5.41) is 20.8. The lowest BCUT2D eigenvalue weighted by atomic mass is 9.83. The zero-order valence-corrected chi connectivity index (χ0v) is 19.6. The van der Waals surface area contributed by atoms with E-state index < -0.39 is 24.5 Å². The lowest BCUT2D eigenvalue weighted by molar-refractivity contribution is -0.491. The molecule has 1 N–H and O–H groups in total. The van der Waals surface area contributed by atoms with E-state index in [1.807, 2.05) is 13.8 Å². The molecule has 0 aliphatic carbocycles. The molecule has 2 aliphatic rings. The van der Waals surface area contributed by atoms with Crippen LogP contribution in [0.3, 0.4) is 0 Å². The van der Waals surface area contributed by atoms with Crippen molar-refractivity contribution in [3.05, 3.63) is 83.4 Å². The molecule has 1 aromatic heterocycles. The summed E-state index contributed by atoms with van der Waals surface area (Å²) in [4.78, 5) is 10.1. The molecular formula is C21H21BF2IN3O3. The maximum atomic E-state index is 15.8. The van der Waals surface area contributed by atoms with Gasteiger partial charge in [-0.15, -0.1) is 0 Å². The molecule has 2 aromatic rings. The number of allylic oxidation sites excluding steroid dienone is 2. The van der Waals surface area contributed by atoms with Crippen molar-refractivity contribution in [1.29, 1.82) is 0 Å². The van der Waals surface area contributed by atoms with Crippen molar-refractivity contribution in [2.45, 2.75) is 33.8 Å². The number of aryl methyl sites for hydroxylation is 2. The van der Waals surface area contributed by atoms with E-state index in [1.54, 1.807) is 44.2 Å². The zero-order chi connectivity index (χ0) is 22.8. The Morgan fingerprint density at radius 3 is 2.42 bits per heavy atom. The van der Waals surface area contributed by atoms with Crippen LogP contribution in [0.1, 0.15) is 48.0 Å². The Labute approximate surface area is 191 Å². The number of aliphatic hydroxyl groups is 1. The van der Waals surface area contributed by atoms with Gasteiger partial charge in [-0.2, -0.15) is 0 Å². The smallest absolute Gasteiger partial charge is 0.393 e. The van der Waals surface area contributed by atoms with Crippen LogP contribution in [-0.2, 0) is 0 Å². The normalized spacial score (nSPS) is 18.5. The molecule has 0 unspecified atom stereocenters. The van der Waals surface area contributed by atoms with Gasteiger partial charge in [-0.05, 0) is 71.8 Å². The Hall–Kier alpha value is -2.34. The van der Waals surface area contributed by atoms with Crippen LogP contribution in [0, 0.1) is 24.0 Å². The van der Waals surface area contributed by atoms with Gasteiger partial charge in [-0.1, -0.05) is 24.3 Å². The third kappa shape index (κ3) is 3.18. The van der Waals surface area contributed by atoms with Gasteiger partial charge < -0.3 is 22.7 Å². The van der Waals surface area contributed by atoms with Crippen molar-refractivity contribution in [2.24, 2.45) is 0 Å². The van der Waals surface area contributed by atoms with Gasteiger partial charge in [0, 0.05) is 23.1 Å². The third-order valence-electron chi connectivity index (χ3n) is 6.03. The molecule has 1 aromatic carbocycles. The Kier molecular flexibility index (Phi) is 5.20. The molecule has 3 heterocycles. The Bertz CT molecular complexity index is 1230. The highest BCUT2D eigenvalue weighted by Crippen LogP contribution is 2.46. The number of aromatic nitrogens is 1. The van der Waals surface area contributed by atoms with Crippen molar-refractivity contribution >= 4 is 40.8 Å². The molecule has 2 aliphatic heterocycles. The first-order chi connectivity index (χ1) is 14.5. The zero-order valence-electron chi connectivity index (χ0n) is 17.5. The Balaban J connectivity index is 1.98. The molecule has 31 heavy (non-hydrogen) atoms. The number of nitro groups is 1. The van der Waals surface area contributed by atoms with Crippen LogP contribution < -0.4 is 0 Å². The predicted molar refractivity (Wildman–Crippen MR) is 124 cm³/mol. The highest BCUT2D eigenvalue weighted by Gasteiger charge is 2.56. The van der Waals surface area contributed by atoms with Crippen molar-refractivity contribution in [2.75, 3.05) is 6.54 Å². The second-order valence-corrected chi connectivity index (χ2v) is 9.13. The maximum absolute atomic E-state index is 15.8. The first kappa shape index (κ1) is 21.9. The average molecular weight is 539 g/mol. The summed E-state index contributed by atoms with van der Waals surface area (Å²) in [5.74, 6) is 0. The van der Waals surface area contributed by atoms with Gasteiger partial charge in [-0.3, -0.25) is 10.1 Å². The van der Waals surface area contributed by atoms with Crippen LogP contribution in [-0.4, -0.2) is 38.2 Å². The molecule has 0 fully saturated rings. The number of aliphatic hydroxyl groups excluding tert-OH is 1. The third-order valence-corrected chi connectivity index (χ3v) is 7.61. The maximum Gasteiger partial charge on any atom is 0.737 e. The minimum Gasteiger partial charge on any atom is -0.393 e. The summed E-state index contributed by atoms with van der Waals surface area (Å²) in [5.41, 5.74) is 5.32. The molecule has 0 saturated heterocycles. The van der Waals surface area contributed by atoms with E-state index >= 15 is 8.63 Å². The van der Waals surface area contributed by atoms with Gasteiger partial charge in [0.1, 0.15) is 11.8 Å². The minimum atomic E-state index is -4.06. The Morgan fingerprint density at radius 1 is 1.23 bits per heavy atom.